The van der Waals surface area contributed by atoms with E-state index in [1.54, 1.807) is 13.4 Å². The second kappa shape index (κ2) is 7.04. The van der Waals surface area contributed by atoms with E-state index in [1.807, 2.05) is 17.8 Å². The summed E-state index contributed by atoms with van der Waals surface area (Å²) in [6.07, 6.45) is 2.40. The molecule has 5 nitrogen and oxygen atoms in total. The van der Waals surface area contributed by atoms with E-state index in [0.29, 0.717) is 6.04 Å². The van der Waals surface area contributed by atoms with Crippen molar-refractivity contribution < 1.29 is 4.74 Å². The van der Waals surface area contributed by atoms with E-state index in [-0.39, 0.29) is 6.04 Å². The van der Waals surface area contributed by atoms with Crippen molar-refractivity contribution in [3.8, 4) is 5.75 Å². The Labute approximate surface area is 133 Å². The van der Waals surface area contributed by atoms with Crippen molar-refractivity contribution in [3.63, 3.8) is 0 Å². The molecule has 2 aromatic rings. The topological polar surface area (TPSA) is 52.0 Å². The third kappa shape index (κ3) is 3.63. The number of aromatic nitrogens is 3. The lowest BCUT2D eigenvalue weighted by atomic mass is 10.0. The monoisotopic (exact) mass is 352 g/mol. The minimum Gasteiger partial charge on any atom is -0.496 e. The number of halogens is 1. The van der Waals surface area contributed by atoms with Crippen LogP contribution in [0, 0.1) is 0 Å². The highest BCUT2D eigenvalue weighted by atomic mass is 79.9. The average molecular weight is 353 g/mol. The number of methoxy groups -OCH3 is 1. The van der Waals surface area contributed by atoms with E-state index in [0.717, 1.165) is 22.5 Å². The Kier molecular flexibility index (Phi) is 5.36. The molecule has 0 spiro atoms. The third-order valence-corrected chi connectivity index (χ3v) is 4.07. The molecule has 1 heterocycles. The molecule has 0 saturated heterocycles. The molecule has 0 aliphatic carbocycles. The van der Waals surface area contributed by atoms with E-state index in [2.05, 4.69) is 57.3 Å². The molecule has 1 N–H and O–H groups in total. The minimum absolute atomic E-state index is 0.175. The molecule has 1 aromatic heterocycles. The summed E-state index contributed by atoms with van der Waals surface area (Å²) in [4.78, 5) is 4.38. The van der Waals surface area contributed by atoms with Gasteiger partial charge in [-0.05, 0) is 54.5 Å². The summed E-state index contributed by atoms with van der Waals surface area (Å²) < 4.78 is 8.19. The van der Waals surface area contributed by atoms with Gasteiger partial charge in [-0.25, -0.2) is 9.67 Å². The predicted octanol–water partition coefficient (Wildman–Crippen LogP) is 3.13. The molecular weight excluding hydrogens is 332 g/mol. The molecule has 0 aliphatic heterocycles. The van der Waals surface area contributed by atoms with E-state index in [1.165, 1.54) is 5.56 Å². The van der Waals surface area contributed by atoms with Crippen LogP contribution in [0.4, 0.5) is 0 Å². The van der Waals surface area contributed by atoms with Crippen LogP contribution in [-0.2, 0) is 6.42 Å². The third-order valence-electron chi connectivity index (χ3n) is 3.45. The van der Waals surface area contributed by atoms with Crippen molar-refractivity contribution >= 4 is 15.9 Å². The second-order valence-electron chi connectivity index (χ2n) is 5.15. The maximum absolute atomic E-state index is 5.28. The highest BCUT2D eigenvalue weighted by Crippen LogP contribution is 2.29. The zero-order valence-corrected chi connectivity index (χ0v) is 14.4. The van der Waals surface area contributed by atoms with Gasteiger partial charge in [0.25, 0.3) is 0 Å². The lowest BCUT2D eigenvalue weighted by molar-refractivity contribution is 0.411. The van der Waals surface area contributed by atoms with Gasteiger partial charge in [0.05, 0.1) is 11.6 Å². The van der Waals surface area contributed by atoms with Crippen LogP contribution < -0.4 is 10.1 Å². The molecule has 0 aliphatic rings. The molecule has 0 radical (unpaired) electrons. The van der Waals surface area contributed by atoms with Crippen LogP contribution >= 0.6 is 15.9 Å². The minimum atomic E-state index is 0.175. The quantitative estimate of drug-likeness (QED) is 0.867. The number of ether oxygens (including phenoxy) is 1. The van der Waals surface area contributed by atoms with Crippen LogP contribution in [0.2, 0.25) is 0 Å². The summed E-state index contributed by atoms with van der Waals surface area (Å²) in [5, 5.41) is 7.63. The lowest BCUT2D eigenvalue weighted by Crippen LogP contribution is -2.21. The standard InChI is InChI=1S/C15H21BrN4O/c1-10(2)20-15(18-9-19-20)8-13(17-3)11-5-6-14(21-4)12(16)7-11/h5-7,9-10,13,17H,8H2,1-4H3. The molecule has 2 rings (SSSR count). The first-order valence-corrected chi connectivity index (χ1v) is 7.75. The van der Waals surface area contributed by atoms with Crippen LogP contribution in [0.3, 0.4) is 0 Å². The van der Waals surface area contributed by atoms with Crippen LogP contribution in [-0.4, -0.2) is 28.9 Å². The fourth-order valence-corrected chi connectivity index (χ4v) is 2.88. The first-order valence-electron chi connectivity index (χ1n) is 6.96. The summed E-state index contributed by atoms with van der Waals surface area (Å²) in [6.45, 7) is 4.22. The molecule has 114 valence electrons. The van der Waals surface area contributed by atoms with E-state index in [9.17, 15) is 0 Å². The summed E-state index contributed by atoms with van der Waals surface area (Å²) >= 11 is 3.53. The van der Waals surface area contributed by atoms with Gasteiger partial charge in [0.1, 0.15) is 17.9 Å². The highest BCUT2D eigenvalue weighted by molar-refractivity contribution is 9.10. The first kappa shape index (κ1) is 16.0. The molecule has 0 amide bonds. The van der Waals surface area contributed by atoms with Gasteiger partial charge < -0.3 is 10.1 Å². The fourth-order valence-electron chi connectivity index (χ4n) is 2.32. The van der Waals surface area contributed by atoms with Gasteiger partial charge in [0.2, 0.25) is 0 Å². The van der Waals surface area contributed by atoms with Crippen LogP contribution in [0.1, 0.15) is 37.3 Å². The predicted molar refractivity (Wildman–Crippen MR) is 86.6 cm³/mol. The number of nitrogens with zero attached hydrogens (tertiary/aromatic N) is 3. The normalized spacial score (nSPS) is 12.7. The Morgan fingerprint density at radius 1 is 1.38 bits per heavy atom. The molecule has 1 atom stereocenters. The molecule has 1 unspecified atom stereocenters. The second-order valence-corrected chi connectivity index (χ2v) is 6.01. The average Bonchev–Trinajstić information content (AvgIpc) is 2.93. The maximum Gasteiger partial charge on any atom is 0.138 e. The first-order chi connectivity index (χ1) is 10.1. The Hall–Kier alpha value is -1.40. The number of rotatable bonds is 6. The Bertz CT molecular complexity index is 597. The summed E-state index contributed by atoms with van der Waals surface area (Å²) in [5.74, 6) is 1.82. The van der Waals surface area contributed by atoms with Crippen LogP contribution in [0.15, 0.2) is 29.0 Å². The van der Waals surface area contributed by atoms with Gasteiger partial charge in [0, 0.05) is 18.5 Å². The molecule has 6 heteroatoms. The van der Waals surface area contributed by atoms with Crippen molar-refractivity contribution in [1.82, 2.24) is 20.1 Å². The van der Waals surface area contributed by atoms with Crippen molar-refractivity contribution in [1.29, 1.82) is 0 Å². The van der Waals surface area contributed by atoms with Crippen LogP contribution in [0.5, 0.6) is 5.75 Å². The number of likely N-dealkylation sites (N-methyl/N-ethyl adjacent to an activating group) is 1. The summed E-state index contributed by atoms with van der Waals surface area (Å²) in [5.41, 5.74) is 1.18. The Morgan fingerprint density at radius 2 is 2.14 bits per heavy atom. The molecule has 0 fully saturated rings. The largest absolute Gasteiger partial charge is 0.496 e. The molecule has 0 saturated carbocycles. The highest BCUT2D eigenvalue weighted by Gasteiger charge is 2.16. The summed E-state index contributed by atoms with van der Waals surface area (Å²) in [6, 6.07) is 6.60. The van der Waals surface area contributed by atoms with E-state index < -0.39 is 0 Å². The van der Waals surface area contributed by atoms with Crippen LogP contribution in [0.25, 0.3) is 0 Å². The maximum atomic E-state index is 5.28. The Balaban J connectivity index is 2.23. The number of hydrogen-bond acceptors (Lipinski definition) is 4. The zero-order chi connectivity index (χ0) is 15.4. The van der Waals surface area contributed by atoms with Crippen molar-refractivity contribution in [2.75, 3.05) is 14.2 Å². The fraction of sp³-hybridized carbons (Fsp3) is 0.467. The van der Waals surface area contributed by atoms with Gasteiger partial charge in [-0.15, -0.1) is 0 Å². The molecule has 1 aromatic carbocycles. The van der Waals surface area contributed by atoms with Crippen molar-refractivity contribution in [2.24, 2.45) is 0 Å². The number of hydrogen-bond donors (Lipinski definition) is 1. The van der Waals surface area contributed by atoms with Crippen molar-refractivity contribution in [2.45, 2.75) is 32.4 Å². The van der Waals surface area contributed by atoms with Gasteiger partial charge >= 0.3 is 0 Å². The smallest absolute Gasteiger partial charge is 0.138 e. The molecule has 21 heavy (non-hydrogen) atoms. The number of benzene rings is 1. The lowest BCUT2D eigenvalue weighted by Gasteiger charge is -2.18. The SMILES string of the molecule is CNC(Cc1ncnn1C(C)C)c1ccc(OC)c(Br)c1. The van der Waals surface area contributed by atoms with Gasteiger partial charge in [-0.3, -0.25) is 0 Å². The van der Waals surface area contributed by atoms with Gasteiger partial charge in [-0.2, -0.15) is 5.10 Å². The van der Waals surface area contributed by atoms with Gasteiger partial charge in [0.15, 0.2) is 0 Å². The van der Waals surface area contributed by atoms with Gasteiger partial charge in [-0.1, -0.05) is 6.07 Å². The van der Waals surface area contributed by atoms with E-state index >= 15 is 0 Å². The zero-order valence-electron chi connectivity index (χ0n) is 12.8. The summed E-state index contributed by atoms with van der Waals surface area (Å²) in [7, 11) is 3.62. The van der Waals surface area contributed by atoms with Crippen molar-refractivity contribution in [3.05, 3.63) is 40.4 Å². The number of nitrogens with one attached hydrogen (secondary N) is 1. The van der Waals surface area contributed by atoms with E-state index in [4.69, 9.17) is 4.74 Å². The molecule has 0 bridgehead atoms. The molecular formula is C15H21BrN4O. The Morgan fingerprint density at radius 3 is 2.71 bits per heavy atom.